The Morgan fingerprint density at radius 2 is 1.81 bits per heavy atom. The fourth-order valence-corrected chi connectivity index (χ4v) is 2.55. The van der Waals surface area contributed by atoms with Crippen LogP contribution in [-0.4, -0.2) is 5.16 Å². The van der Waals surface area contributed by atoms with Crippen molar-refractivity contribution in [3.8, 4) is 11.1 Å². The van der Waals surface area contributed by atoms with Crippen LogP contribution in [0.2, 0.25) is 0 Å². The summed E-state index contributed by atoms with van der Waals surface area (Å²) in [5, 5.41) is 5.02. The van der Waals surface area contributed by atoms with Crippen molar-refractivity contribution < 1.29 is 8.94 Å². The predicted octanol–water partition coefficient (Wildman–Crippen LogP) is 3.91. The molecular weight excluding hydrogens is 266 g/mol. The molecule has 0 radical (unpaired) electrons. The maximum atomic E-state index is 12.1. The van der Waals surface area contributed by atoms with Crippen molar-refractivity contribution in [2.45, 2.75) is 6.92 Å². The number of benzene rings is 2. The minimum Gasteiger partial charge on any atom is -0.422 e. The smallest absolute Gasteiger partial charge is 0.349 e. The molecule has 0 bridgehead atoms. The molecule has 4 heteroatoms. The SMILES string of the molecule is Cc1noc2c1c(=O)oc1cc(-c3ccccc3)ccc12. The molecule has 0 spiro atoms. The first-order chi connectivity index (χ1) is 10.2. The molecule has 4 aromatic rings. The molecular formula is C17H11NO3. The maximum Gasteiger partial charge on any atom is 0.349 e. The average Bonchev–Trinajstić information content (AvgIpc) is 2.90. The van der Waals surface area contributed by atoms with Gasteiger partial charge in [0.1, 0.15) is 11.0 Å². The topological polar surface area (TPSA) is 56.2 Å². The Kier molecular flexibility index (Phi) is 2.44. The molecule has 0 saturated carbocycles. The summed E-state index contributed by atoms with van der Waals surface area (Å²) < 4.78 is 10.7. The van der Waals surface area contributed by atoms with Gasteiger partial charge in [-0.3, -0.25) is 0 Å². The molecule has 21 heavy (non-hydrogen) atoms. The molecule has 0 fully saturated rings. The van der Waals surface area contributed by atoms with Crippen LogP contribution in [0.5, 0.6) is 0 Å². The van der Waals surface area contributed by atoms with E-state index in [9.17, 15) is 4.79 Å². The second-order valence-electron chi connectivity index (χ2n) is 4.94. The van der Waals surface area contributed by atoms with Crippen molar-refractivity contribution in [3.63, 3.8) is 0 Å². The fraction of sp³-hybridized carbons (Fsp3) is 0.0588. The molecule has 102 valence electrons. The van der Waals surface area contributed by atoms with Gasteiger partial charge in [-0.1, -0.05) is 41.6 Å². The molecule has 4 nitrogen and oxygen atoms in total. The molecule has 0 aliphatic carbocycles. The highest BCUT2D eigenvalue weighted by molar-refractivity contribution is 6.02. The maximum absolute atomic E-state index is 12.1. The van der Waals surface area contributed by atoms with Crippen LogP contribution in [0.15, 0.2) is 62.3 Å². The van der Waals surface area contributed by atoms with E-state index in [0.717, 1.165) is 16.5 Å². The zero-order valence-corrected chi connectivity index (χ0v) is 11.3. The lowest BCUT2D eigenvalue weighted by molar-refractivity contribution is 0.451. The lowest BCUT2D eigenvalue weighted by Crippen LogP contribution is -1.99. The lowest BCUT2D eigenvalue weighted by atomic mass is 10.0. The van der Waals surface area contributed by atoms with Crippen LogP contribution in [0.1, 0.15) is 5.69 Å². The summed E-state index contributed by atoms with van der Waals surface area (Å²) in [7, 11) is 0. The molecule has 4 rings (SSSR count). The quantitative estimate of drug-likeness (QED) is 0.495. The molecule has 2 aromatic carbocycles. The normalized spacial score (nSPS) is 11.3. The fourth-order valence-electron chi connectivity index (χ4n) is 2.55. The summed E-state index contributed by atoms with van der Waals surface area (Å²) >= 11 is 0. The highest BCUT2D eigenvalue weighted by Gasteiger charge is 2.15. The number of fused-ring (bicyclic) bond motifs is 3. The van der Waals surface area contributed by atoms with E-state index < -0.39 is 5.63 Å². The van der Waals surface area contributed by atoms with Crippen molar-refractivity contribution in [3.05, 3.63) is 64.6 Å². The summed E-state index contributed by atoms with van der Waals surface area (Å²) in [6.45, 7) is 1.73. The van der Waals surface area contributed by atoms with Crippen LogP contribution in [0.25, 0.3) is 33.1 Å². The van der Waals surface area contributed by atoms with Crippen molar-refractivity contribution in [1.82, 2.24) is 5.16 Å². The molecule has 0 N–H and O–H groups in total. The Labute approximate surface area is 119 Å². The Morgan fingerprint density at radius 1 is 1.00 bits per heavy atom. The first-order valence-corrected chi connectivity index (χ1v) is 6.62. The molecule has 0 aliphatic rings. The second-order valence-corrected chi connectivity index (χ2v) is 4.94. The lowest BCUT2D eigenvalue weighted by Gasteiger charge is -2.03. The third kappa shape index (κ3) is 1.76. The Morgan fingerprint density at radius 3 is 2.62 bits per heavy atom. The monoisotopic (exact) mass is 277 g/mol. The number of nitrogens with zero attached hydrogens (tertiary/aromatic N) is 1. The van der Waals surface area contributed by atoms with Gasteiger partial charge in [0.15, 0.2) is 5.58 Å². The zero-order valence-electron chi connectivity index (χ0n) is 11.3. The zero-order chi connectivity index (χ0) is 14.4. The summed E-state index contributed by atoms with van der Waals surface area (Å²) in [5.41, 5.74) is 3.18. The molecule has 2 heterocycles. The van der Waals surface area contributed by atoms with E-state index in [1.165, 1.54) is 0 Å². The molecule has 0 saturated heterocycles. The van der Waals surface area contributed by atoms with Gasteiger partial charge in [-0.2, -0.15) is 0 Å². The molecule has 0 aliphatic heterocycles. The van der Waals surface area contributed by atoms with Crippen LogP contribution in [0.4, 0.5) is 0 Å². The highest BCUT2D eigenvalue weighted by Crippen LogP contribution is 2.28. The van der Waals surface area contributed by atoms with Crippen LogP contribution in [0, 0.1) is 6.92 Å². The van der Waals surface area contributed by atoms with Gasteiger partial charge < -0.3 is 8.94 Å². The van der Waals surface area contributed by atoms with Gasteiger partial charge in [-0.15, -0.1) is 0 Å². The Balaban J connectivity index is 2.05. The number of rotatable bonds is 1. The van der Waals surface area contributed by atoms with Crippen LogP contribution >= 0.6 is 0 Å². The van der Waals surface area contributed by atoms with Gasteiger partial charge in [0.05, 0.1) is 11.1 Å². The number of aryl methyl sites for hydroxylation is 1. The molecule has 0 atom stereocenters. The van der Waals surface area contributed by atoms with Crippen molar-refractivity contribution in [2.75, 3.05) is 0 Å². The summed E-state index contributed by atoms with van der Waals surface area (Å²) in [4.78, 5) is 12.1. The van der Waals surface area contributed by atoms with Gasteiger partial charge in [0.2, 0.25) is 0 Å². The minimum absolute atomic E-state index is 0.412. The van der Waals surface area contributed by atoms with Gasteiger partial charge >= 0.3 is 5.63 Å². The van der Waals surface area contributed by atoms with Gasteiger partial charge in [-0.25, -0.2) is 4.79 Å². The third-order valence-electron chi connectivity index (χ3n) is 3.60. The van der Waals surface area contributed by atoms with E-state index in [2.05, 4.69) is 5.16 Å². The third-order valence-corrected chi connectivity index (χ3v) is 3.60. The van der Waals surface area contributed by atoms with Crippen molar-refractivity contribution in [1.29, 1.82) is 0 Å². The first kappa shape index (κ1) is 11.9. The van der Waals surface area contributed by atoms with Gasteiger partial charge in [-0.05, 0) is 30.2 Å². The number of aromatic nitrogens is 1. The number of hydrogen-bond acceptors (Lipinski definition) is 4. The summed E-state index contributed by atoms with van der Waals surface area (Å²) in [5.74, 6) is 0. The van der Waals surface area contributed by atoms with E-state index in [0.29, 0.717) is 22.2 Å². The minimum atomic E-state index is -0.415. The van der Waals surface area contributed by atoms with Crippen LogP contribution in [-0.2, 0) is 0 Å². The van der Waals surface area contributed by atoms with Crippen LogP contribution < -0.4 is 5.63 Å². The number of hydrogen-bond donors (Lipinski definition) is 0. The molecule has 0 amide bonds. The first-order valence-electron chi connectivity index (χ1n) is 6.62. The summed E-state index contributed by atoms with van der Waals surface area (Å²) in [6.07, 6.45) is 0. The average molecular weight is 277 g/mol. The second kappa shape index (κ2) is 4.31. The van der Waals surface area contributed by atoms with Gasteiger partial charge in [0, 0.05) is 0 Å². The van der Waals surface area contributed by atoms with E-state index in [4.69, 9.17) is 8.94 Å². The molecule has 0 unspecified atom stereocenters. The van der Waals surface area contributed by atoms with Crippen molar-refractivity contribution in [2.24, 2.45) is 0 Å². The predicted molar refractivity (Wildman–Crippen MR) is 80.2 cm³/mol. The Hall–Kier alpha value is -2.88. The van der Waals surface area contributed by atoms with Crippen molar-refractivity contribution >= 4 is 21.9 Å². The van der Waals surface area contributed by atoms with E-state index >= 15 is 0 Å². The standard InChI is InChI=1S/C17H11NO3/c1-10-15-16(21-18-10)13-8-7-12(9-14(13)20-17(15)19)11-5-3-2-4-6-11/h2-9H,1H3. The Bertz CT molecular complexity index is 1010. The van der Waals surface area contributed by atoms with E-state index in [1.807, 2.05) is 48.5 Å². The highest BCUT2D eigenvalue weighted by atomic mass is 16.5. The van der Waals surface area contributed by atoms with E-state index in [-0.39, 0.29) is 0 Å². The summed E-state index contributed by atoms with van der Waals surface area (Å²) in [6, 6.07) is 15.7. The largest absolute Gasteiger partial charge is 0.422 e. The molecule has 2 aromatic heterocycles. The van der Waals surface area contributed by atoms with Gasteiger partial charge in [0.25, 0.3) is 0 Å². The van der Waals surface area contributed by atoms with Crippen LogP contribution in [0.3, 0.4) is 0 Å². The van der Waals surface area contributed by atoms with E-state index in [1.54, 1.807) is 6.92 Å².